The molecule has 2 heterocycles. The molecule has 230 valence electrons. The molecule has 1 aliphatic rings. The maximum absolute atomic E-state index is 14.1. The number of halogens is 3. The molecule has 1 aliphatic carbocycles. The monoisotopic (exact) mass is 631 g/mol. The highest BCUT2D eigenvalue weighted by Crippen LogP contribution is 2.46. The summed E-state index contributed by atoms with van der Waals surface area (Å²) in [7, 11) is -2.57. The maximum atomic E-state index is 14.1. The Bertz CT molecular complexity index is 1990. The first-order valence-corrected chi connectivity index (χ1v) is 16.8. The van der Waals surface area contributed by atoms with E-state index in [4.69, 9.17) is 0 Å². The van der Waals surface area contributed by atoms with Gasteiger partial charge in [-0.2, -0.15) is 18.3 Å². The average molecular weight is 632 g/mol. The van der Waals surface area contributed by atoms with Crippen molar-refractivity contribution in [3.63, 3.8) is 0 Å². The number of carbonyl (C=O) groups is 2. The van der Waals surface area contributed by atoms with Gasteiger partial charge < -0.3 is 15.0 Å². The molecule has 6 rings (SSSR count). The van der Waals surface area contributed by atoms with Crippen LogP contribution in [0.4, 0.5) is 13.2 Å². The molecular weight excluding hydrogens is 602 g/mol. The summed E-state index contributed by atoms with van der Waals surface area (Å²) in [4.78, 5) is 25.5. The van der Waals surface area contributed by atoms with Crippen LogP contribution in [0.1, 0.15) is 55.8 Å². The second-order valence-corrected chi connectivity index (χ2v) is 15.0. The minimum Gasteiger partial charge on any atom is -0.478 e. The predicted octanol–water partition coefficient (Wildman–Crippen LogP) is 6.98. The number of nitrogens with one attached hydrogen (secondary N) is 1. The number of aromatic nitrogens is 2. The van der Waals surface area contributed by atoms with E-state index in [2.05, 4.69) is 10.4 Å². The number of benzene rings is 3. The van der Waals surface area contributed by atoms with Gasteiger partial charge in [-0.25, -0.2) is 9.31 Å². The molecule has 0 atom stereocenters. The summed E-state index contributed by atoms with van der Waals surface area (Å²) in [6.07, 6.45) is 0.514. The molecule has 1 fully saturated rings. The van der Waals surface area contributed by atoms with E-state index in [0.29, 0.717) is 45.9 Å². The lowest BCUT2D eigenvalue weighted by atomic mass is 9.99. The topological polar surface area (TPSA) is 101 Å². The molecule has 0 unspecified atom stereocenters. The van der Waals surface area contributed by atoms with E-state index in [1.54, 1.807) is 54.5 Å². The fourth-order valence-corrected chi connectivity index (χ4v) is 6.42. The minimum atomic E-state index is -4.45. The molecule has 0 spiro atoms. The van der Waals surface area contributed by atoms with Crippen LogP contribution in [0, 0.1) is 0 Å². The van der Waals surface area contributed by atoms with Crippen LogP contribution in [0.25, 0.3) is 16.6 Å². The number of fused-ring (bicyclic) bond motifs is 1. The van der Waals surface area contributed by atoms with Crippen LogP contribution in [0.2, 0.25) is 0 Å². The molecule has 1 saturated carbocycles. The Morgan fingerprint density at radius 2 is 1.67 bits per heavy atom. The zero-order valence-corrected chi connectivity index (χ0v) is 25.3. The van der Waals surface area contributed by atoms with Gasteiger partial charge >= 0.3 is 12.1 Å². The van der Waals surface area contributed by atoms with Gasteiger partial charge in [-0.15, -0.1) is 0 Å². The summed E-state index contributed by atoms with van der Waals surface area (Å²) in [5.74, 6) is -1.41. The van der Waals surface area contributed by atoms with E-state index in [0.717, 1.165) is 23.3 Å². The first kappa shape index (κ1) is 30.3. The molecule has 5 aromatic rings. The number of carboxylic acid groups (broad SMARTS) is 1. The van der Waals surface area contributed by atoms with Crippen LogP contribution >= 0.6 is 7.14 Å². The van der Waals surface area contributed by atoms with E-state index in [1.807, 2.05) is 18.2 Å². The summed E-state index contributed by atoms with van der Waals surface area (Å²) in [5, 5.41) is 17.7. The zero-order valence-electron chi connectivity index (χ0n) is 24.4. The Kier molecular flexibility index (Phi) is 7.44. The lowest BCUT2D eigenvalue weighted by Gasteiger charge is -2.19. The summed E-state index contributed by atoms with van der Waals surface area (Å²) in [6, 6.07) is 20.4. The molecule has 3 aromatic carbocycles. The predicted molar refractivity (Wildman–Crippen MR) is 166 cm³/mol. The van der Waals surface area contributed by atoms with Gasteiger partial charge in [-0.05, 0) is 79.3 Å². The largest absolute Gasteiger partial charge is 0.478 e. The summed E-state index contributed by atoms with van der Waals surface area (Å²) in [5.41, 5.74) is 3.07. The Morgan fingerprint density at radius 3 is 2.27 bits per heavy atom. The molecule has 11 heteroatoms. The smallest absolute Gasteiger partial charge is 0.416 e. The Balaban J connectivity index is 1.42. The number of pyridine rings is 1. The zero-order chi connectivity index (χ0) is 32.1. The van der Waals surface area contributed by atoms with E-state index < -0.39 is 30.4 Å². The van der Waals surface area contributed by atoms with Gasteiger partial charge in [0.15, 0.2) is 0 Å². The van der Waals surface area contributed by atoms with Crippen molar-refractivity contribution in [1.29, 1.82) is 0 Å². The third kappa shape index (κ3) is 6.15. The summed E-state index contributed by atoms with van der Waals surface area (Å²) in [6.45, 7) is 3.38. The van der Waals surface area contributed by atoms with Crippen molar-refractivity contribution >= 4 is 29.8 Å². The molecule has 7 nitrogen and oxygen atoms in total. The molecule has 1 amide bonds. The Hall–Kier alpha value is -4.69. The second-order valence-electron chi connectivity index (χ2n) is 11.8. The van der Waals surface area contributed by atoms with Gasteiger partial charge in [-0.1, -0.05) is 42.5 Å². The van der Waals surface area contributed by atoms with E-state index in [1.165, 1.54) is 24.3 Å². The van der Waals surface area contributed by atoms with Crippen LogP contribution in [-0.4, -0.2) is 39.9 Å². The van der Waals surface area contributed by atoms with E-state index in [9.17, 15) is 32.4 Å². The number of hydrogen-bond donors (Lipinski definition) is 2. The molecule has 0 bridgehead atoms. The molecular formula is C34H29F3N3O4P. The van der Waals surface area contributed by atoms with Crippen molar-refractivity contribution in [3.05, 3.63) is 125 Å². The van der Waals surface area contributed by atoms with Gasteiger partial charge in [0.1, 0.15) is 7.14 Å². The van der Waals surface area contributed by atoms with Gasteiger partial charge in [0.2, 0.25) is 0 Å². The van der Waals surface area contributed by atoms with Crippen molar-refractivity contribution in [3.8, 4) is 11.1 Å². The van der Waals surface area contributed by atoms with Gasteiger partial charge in [0.25, 0.3) is 5.91 Å². The SMILES string of the molecule is CP(C)(=O)c1cccc(-c2cc(C(=O)NC3(c4ccc(C(=O)O)cc4)CC3)c3c(Cc4ccc(C(F)(F)F)cc4)cnn3c2)c1. The van der Waals surface area contributed by atoms with Crippen LogP contribution in [-0.2, 0) is 22.7 Å². The van der Waals surface area contributed by atoms with Gasteiger partial charge in [-0.3, -0.25) is 4.79 Å². The molecule has 2 N–H and O–H groups in total. The first-order valence-electron chi connectivity index (χ1n) is 14.2. The number of rotatable bonds is 8. The van der Waals surface area contributed by atoms with Crippen molar-refractivity contribution in [2.24, 2.45) is 0 Å². The number of aromatic carboxylic acids is 1. The van der Waals surface area contributed by atoms with Crippen LogP contribution in [0.5, 0.6) is 0 Å². The molecule has 0 radical (unpaired) electrons. The quantitative estimate of drug-likeness (QED) is 0.180. The van der Waals surface area contributed by atoms with Crippen molar-refractivity contribution in [2.45, 2.75) is 31.0 Å². The molecule has 0 saturated heterocycles. The van der Waals surface area contributed by atoms with Crippen LogP contribution in [0.3, 0.4) is 0 Å². The number of nitrogens with zero attached hydrogens (tertiary/aromatic N) is 2. The second kappa shape index (κ2) is 11.0. The highest BCUT2D eigenvalue weighted by Gasteiger charge is 2.46. The molecule has 45 heavy (non-hydrogen) atoms. The number of carboxylic acids is 1. The third-order valence-corrected chi connectivity index (χ3v) is 9.72. The average Bonchev–Trinajstić information content (AvgIpc) is 3.67. The number of alkyl halides is 3. The summed E-state index contributed by atoms with van der Waals surface area (Å²) >= 11 is 0. The van der Waals surface area contributed by atoms with Crippen molar-refractivity contribution < 1.29 is 32.4 Å². The van der Waals surface area contributed by atoms with Gasteiger partial charge in [0.05, 0.1) is 33.9 Å². The Labute approximate surface area is 257 Å². The lowest BCUT2D eigenvalue weighted by molar-refractivity contribution is -0.137. The lowest BCUT2D eigenvalue weighted by Crippen LogP contribution is -2.35. The van der Waals surface area contributed by atoms with Crippen molar-refractivity contribution in [2.75, 3.05) is 13.3 Å². The molecule has 0 aliphatic heterocycles. The normalized spacial score (nSPS) is 14.3. The van der Waals surface area contributed by atoms with E-state index >= 15 is 0 Å². The third-order valence-electron chi connectivity index (χ3n) is 8.20. The fraction of sp³-hybridized carbons (Fsp3) is 0.206. The number of amides is 1. The summed E-state index contributed by atoms with van der Waals surface area (Å²) < 4.78 is 53.8. The van der Waals surface area contributed by atoms with Crippen LogP contribution in [0.15, 0.2) is 91.3 Å². The van der Waals surface area contributed by atoms with Crippen molar-refractivity contribution in [1.82, 2.24) is 14.9 Å². The first-order chi connectivity index (χ1) is 21.2. The Morgan fingerprint density at radius 1 is 0.978 bits per heavy atom. The van der Waals surface area contributed by atoms with Crippen LogP contribution < -0.4 is 10.6 Å². The fourth-order valence-electron chi connectivity index (χ4n) is 5.52. The highest BCUT2D eigenvalue weighted by atomic mass is 31.2. The maximum Gasteiger partial charge on any atom is 0.416 e. The van der Waals surface area contributed by atoms with Gasteiger partial charge in [0, 0.05) is 29.0 Å². The van der Waals surface area contributed by atoms with E-state index in [-0.39, 0.29) is 17.9 Å². The number of carbonyl (C=O) groups excluding carboxylic acids is 1. The molecule has 2 aromatic heterocycles. The number of hydrogen-bond acceptors (Lipinski definition) is 4. The highest BCUT2D eigenvalue weighted by molar-refractivity contribution is 7.70. The minimum absolute atomic E-state index is 0.147. The standard InChI is InChI=1S/C34H29F3N3O4P/c1-45(2,44)28-5-3-4-23(17-28)25-18-29(31(41)39-33(14-15-33)26-12-8-22(9-13-26)32(42)43)30-24(19-38-40(30)20-25)16-21-6-10-27(11-7-21)34(35,36)37/h3-13,17-20H,14-16H2,1-2H3,(H,39,41)(H,42,43).